The summed E-state index contributed by atoms with van der Waals surface area (Å²) in [4.78, 5) is 13.9. The minimum absolute atomic E-state index is 0.449. The summed E-state index contributed by atoms with van der Waals surface area (Å²) >= 11 is 0. The van der Waals surface area contributed by atoms with Crippen LogP contribution in [0.3, 0.4) is 0 Å². The fraction of sp³-hybridized carbons (Fsp3) is 0.409. The Hall–Kier alpha value is -2.57. The van der Waals surface area contributed by atoms with Crippen molar-refractivity contribution in [3.05, 3.63) is 65.7 Å². The molecule has 3 heterocycles. The van der Waals surface area contributed by atoms with E-state index in [0.29, 0.717) is 6.04 Å². The van der Waals surface area contributed by atoms with Crippen molar-refractivity contribution in [2.75, 3.05) is 33.7 Å². The van der Waals surface area contributed by atoms with Crippen LogP contribution < -0.4 is 0 Å². The van der Waals surface area contributed by atoms with Crippen molar-refractivity contribution >= 4 is 0 Å². The van der Waals surface area contributed by atoms with Crippen molar-refractivity contribution < 1.29 is 0 Å². The fourth-order valence-electron chi connectivity index (χ4n) is 3.79. The summed E-state index contributed by atoms with van der Waals surface area (Å²) in [6.07, 6.45) is 4.48. The highest BCUT2D eigenvalue weighted by molar-refractivity contribution is 5.53. The van der Waals surface area contributed by atoms with Crippen LogP contribution in [0.1, 0.15) is 17.0 Å². The van der Waals surface area contributed by atoms with Gasteiger partial charge in [0.1, 0.15) is 5.82 Å². The van der Waals surface area contributed by atoms with Crippen LogP contribution in [0.25, 0.3) is 11.4 Å². The lowest BCUT2D eigenvalue weighted by Gasteiger charge is -2.37. The maximum Gasteiger partial charge on any atom is 0.181 e. The van der Waals surface area contributed by atoms with Crippen LogP contribution in [0, 0.1) is 6.92 Å². The van der Waals surface area contributed by atoms with Gasteiger partial charge in [0.25, 0.3) is 0 Å². The van der Waals surface area contributed by atoms with E-state index in [0.717, 1.165) is 49.8 Å². The highest BCUT2D eigenvalue weighted by atomic mass is 15.4. The van der Waals surface area contributed by atoms with Crippen molar-refractivity contribution in [1.29, 1.82) is 0 Å². The number of hydrogen-bond donors (Lipinski definition) is 0. The molecule has 146 valence electrons. The number of benzene rings is 1. The Morgan fingerprint density at radius 2 is 1.89 bits per heavy atom. The van der Waals surface area contributed by atoms with Gasteiger partial charge >= 0.3 is 0 Å². The largest absolute Gasteiger partial charge is 0.304 e. The number of aromatic nitrogens is 4. The molecule has 1 aromatic carbocycles. The zero-order valence-corrected chi connectivity index (χ0v) is 16.9. The van der Waals surface area contributed by atoms with E-state index in [-0.39, 0.29) is 0 Å². The van der Waals surface area contributed by atoms with Crippen LogP contribution in [-0.2, 0) is 13.0 Å². The summed E-state index contributed by atoms with van der Waals surface area (Å²) in [6, 6.07) is 13.0. The summed E-state index contributed by atoms with van der Waals surface area (Å²) in [5.41, 5.74) is 3.53. The molecule has 28 heavy (non-hydrogen) atoms. The average molecular weight is 377 g/mol. The van der Waals surface area contributed by atoms with E-state index in [9.17, 15) is 0 Å². The third kappa shape index (κ3) is 4.29. The first-order valence-corrected chi connectivity index (χ1v) is 9.87. The van der Waals surface area contributed by atoms with Gasteiger partial charge in [-0.25, -0.2) is 9.67 Å². The van der Waals surface area contributed by atoms with Crippen LogP contribution in [0.4, 0.5) is 0 Å². The van der Waals surface area contributed by atoms with E-state index < -0.39 is 0 Å². The number of likely N-dealkylation sites (N-methyl/N-ethyl adjacent to an activating group) is 2. The predicted molar refractivity (Wildman–Crippen MR) is 111 cm³/mol. The average Bonchev–Trinajstić information content (AvgIpc) is 3.08. The normalized spacial score (nSPS) is 18.5. The molecule has 3 aromatic rings. The topological polar surface area (TPSA) is 50.1 Å². The number of hydrogen-bond acceptors (Lipinski definition) is 5. The van der Waals surface area contributed by atoms with Gasteiger partial charge < -0.3 is 9.80 Å². The Labute approximate surface area is 166 Å². The monoisotopic (exact) mass is 376 g/mol. The number of aryl methyl sites for hydroxylation is 1. The van der Waals surface area contributed by atoms with E-state index in [1.807, 2.05) is 12.1 Å². The van der Waals surface area contributed by atoms with Gasteiger partial charge in [-0.15, -0.1) is 0 Å². The Bertz CT molecular complexity index is 920. The number of rotatable bonds is 5. The smallest absolute Gasteiger partial charge is 0.181 e. The van der Waals surface area contributed by atoms with Crippen molar-refractivity contribution in [2.24, 2.45) is 0 Å². The standard InChI is InChI=1S/C22H28N6/c1-17-5-4-6-18(13-17)15-28-21(14-20-16-26(2)11-12-27(20)3)24-22(25-28)19-7-9-23-10-8-19/h4-10,13,20H,11-12,14-16H2,1-3H3. The lowest BCUT2D eigenvalue weighted by atomic mass is 10.1. The van der Waals surface area contributed by atoms with Crippen LogP contribution in [0.2, 0.25) is 0 Å². The Morgan fingerprint density at radius 1 is 1.07 bits per heavy atom. The van der Waals surface area contributed by atoms with Gasteiger partial charge in [0, 0.05) is 50.1 Å². The maximum absolute atomic E-state index is 4.93. The van der Waals surface area contributed by atoms with Gasteiger partial charge in [-0.1, -0.05) is 29.8 Å². The molecule has 0 amide bonds. The quantitative estimate of drug-likeness (QED) is 0.685. The third-order valence-corrected chi connectivity index (χ3v) is 5.50. The van der Waals surface area contributed by atoms with Crippen LogP contribution in [-0.4, -0.2) is 69.3 Å². The van der Waals surface area contributed by atoms with Gasteiger partial charge in [0.15, 0.2) is 5.82 Å². The van der Waals surface area contributed by atoms with Gasteiger partial charge in [-0.05, 0) is 38.7 Å². The SMILES string of the molecule is Cc1cccc(Cn2nc(-c3ccncc3)nc2CC2CN(C)CCN2C)c1. The molecular formula is C22H28N6. The molecule has 4 rings (SSSR count). The maximum atomic E-state index is 4.93. The number of pyridine rings is 1. The highest BCUT2D eigenvalue weighted by Gasteiger charge is 2.25. The van der Waals surface area contributed by atoms with Crippen molar-refractivity contribution in [1.82, 2.24) is 29.5 Å². The molecule has 1 aliphatic rings. The lowest BCUT2D eigenvalue weighted by molar-refractivity contribution is 0.112. The summed E-state index contributed by atoms with van der Waals surface area (Å²) in [5.74, 6) is 1.82. The van der Waals surface area contributed by atoms with E-state index in [4.69, 9.17) is 10.1 Å². The Kier molecular flexibility index (Phi) is 5.50. The second-order valence-corrected chi connectivity index (χ2v) is 7.84. The minimum Gasteiger partial charge on any atom is -0.304 e. The molecule has 6 heteroatoms. The molecule has 1 atom stereocenters. The first-order chi connectivity index (χ1) is 13.6. The zero-order valence-electron chi connectivity index (χ0n) is 16.9. The predicted octanol–water partition coefficient (Wildman–Crippen LogP) is 2.49. The van der Waals surface area contributed by atoms with Crippen molar-refractivity contribution in [3.63, 3.8) is 0 Å². The van der Waals surface area contributed by atoms with Gasteiger partial charge in [0.2, 0.25) is 0 Å². The zero-order chi connectivity index (χ0) is 19.5. The Morgan fingerprint density at radius 3 is 2.68 bits per heavy atom. The third-order valence-electron chi connectivity index (χ3n) is 5.50. The molecule has 1 aliphatic heterocycles. The Balaban J connectivity index is 1.65. The first-order valence-electron chi connectivity index (χ1n) is 9.87. The van der Waals surface area contributed by atoms with Gasteiger partial charge in [-0.3, -0.25) is 4.98 Å². The van der Waals surface area contributed by atoms with E-state index >= 15 is 0 Å². The second kappa shape index (κ2) is 8.20. The summed E-state index contributed by atoms with van der Waals surface area (Å²) < 4.78 is 2.08. The van der Waals surface area contributed by atoms with Crippen LogP contribution in [0.5, 0.6) is 0 Å². The van der Waals surface area contributed by atoms with Crippen molar-refractivity contribution in [3.8, 4) is 11.4 Å². The van der Waals surface area contributed by atoms with Crippen LogP contribution in [0.15, 0.2) is 48.8 Å². The second-order valence-electron chi connectivity index (χ2n) is 7.84. The molecular weight excluding hydrogens is 348 g/mol. The molecule has 0 radical (unpaired) electrons. The molecule has 1 unspecified atom stereocenters. The minimum atomic E-state index is 0.449. The molecule has 1 fully saturated rings. The van der Waals surface area contributed by atoms with E-state index in [2.05, 4.69) is 64.8 Å². The van der Waals surface area contributed by atoms with Gasteiger partial charge in [-0.2, -0.15) is 5.10 Å². The van der Waals surface area contributed by atoms with E-state index in [1.54, 1.807) is 12.4 Å². The molecule has 6 nitrogen and oxygen atoms in total. The molecule has 0 saturated carbocycles. The molecule has 0 bridgehead atoms. The molecule has 0 aliphatic carbocycles. The molecule has 0 spiro atoms. The first kappa shape index (κ1) is 18.8. The fourth-order valence-corrected chi connectivity index (χ4v) is 3.79. The summed E-state index contributed by atoms with van der Waals surface area (Å²) in [7, 11) is 4.41. The van der Waals surface area contributed by atoms with Gasteiger partial charge in [0.05, 0.1) is 6.54 Å². The lowest BCUT2D eigenvalue weighted by Crippen LogP contribution is -2.51. The summed E-state index contributed by atoms with van der Waals surface area (Å²) in [5, 5.41) is 4.86. The molecule has 1 saturated heterocycles. The summed E-state index contributed by atoms with van der Waals surface area (Å²) in [6.45, 7) is 6.12. The number of piperazine rings is 1. The highest BCUT2D eigenvalue weighted by Crippen LogP contribution is 2.19. The number of nitrogens with zero attached hydrogens (tertiary/aromatic N) is 6. The molecule has 2 aromatic heterocycles. The van der Waals surface area contributed by atoms with Crippen molar-refractivity contribution in [2.45, 2.75) is 25.9 Å². The van der Waals surface area contributed by atoms with Crippen LogP contribution >= 0.6 is 0 Å². The van der Waals surface area contributed by atoms with E-state index in [1.165, 1.54) is 11.1 Å². The molecule has 0 N–H and O–H groups in total.